The molecule has 0 aliphatic heterocycles. The van der Waals surface area contributed by atoms with Crippen molar-refractivity contribution in [2.75, 3.05) is 6.61 Å². The molecule has 1 N–H and O–H groups in total. The van der Waals surface area contributed by atoms with Gasteiger partial charge in [-0.25, -0.2) is 5.10 Å². The Balaban J connectivity index is 2.16. The summed E-state index contributed by atoms with van der Waals surface area (Å²) < 4.78 is 5.44. The van der Waals surface area contributed by atoms with E-state index in [0.717, 1.165) is 28.0 Å². The second-order valence-electron chi connectivity index (χ2n) is 4.91. The van der Waals surface area contributed by atoms with Gasteiger partial charge in [0.15, 0.2) is 0 Å². The number of aryl methyl sites for hydroxylation is 1. The Labute approximate surface area is 122 Å². The van der Waals surface area contributed by atoms with Crippen LogP contribution >= 0.6 is 0 Å². The first-order chi connectivity index (χ1) is 10.2. The molecule has 21 heavy (non-hydrogen) atoms. The largest absolute Gasteiger partial charge is 0.494 e. The molecule has 0 bridgehead atoms. The van der Waals surface area contributed by atoms with Crippen molar-refractivity contribution in [3.63, 3.8) is 0 Å². The van der Waals surface area contributed by atoms with Crippen molar-refractivity contribution in [1.29, 1.82) is 0 Å². The van der Waals surface area contributed by atoms with E-state index < -0.39 is 0 Å². The van der Waals surface area contributed by atoms with Gasteiger partial charge in [0.05, 0.1) is 17.7 Å². The van der Waals surface area contributed by atoms with Crippen LogP contribution in [0.2, 0.25) is 0 Å². The topological polar surface area (TPSA) is 55.0 Å². The fourth-order valence-electron chi connectivity index (χ4n) is 2.38. The predicted octanol–water partition coefficient (Wildman–Crippen LogP) is 3.30. The summed E-state index contributed by atoms with van der Waals surface area (Å²) >= 11 is 0. The summed E-state index contributed by atoms with van der Waals surface area (Å²) in [4.78, 5) is 11.9. The zero-order valence-electron chi connectivity index (χ0n) is 12.0. The Morgan fingerprint density at radius 2 is 1.86 bits per heavy atom. The minimum absolute atomic E-state index is 0.164. The Morgan fingerprint density at radius 3 is 2.57 bits per heavy atom. The lowest BCUT2D eigenvalue weighted by atomic mass is 10.0. The van der Waals surface area contributed by atoms with Crippen LogP contribution in [0.1, 0.15) is 12.5 Å². The average molecular weight is 280 g/mol. The molecule has 0 atom stereocenters. The third-order valence-electron chi connectivity index (χ3n) is 3.38. The summed E-state index contributed by atoms with van der Waals surface area (Å²) in [6, 6.07) is 13.5. The fourth-order valence-corrected chi connectivity index (χ4v) is 2.38. The van der Waals surface area contributed by atoms with Crippen molar-refractivity contribution in [2.24, 2.45) is 0 Å². The maximum absolute atomic E-state index is 11.9. The van der Waals surface area contributed by atoms with Crippen molar-refractivity contribution in [3.8, 4) is 17.0 Å². The zero-order valence-corrected chi connectivity index (χ0v) is 12.0. The molecule has 1 heterocycles. The number of nitrogens with zero attached hydrogens (tertiary/aromatic N) is 1. The summed E-state index contributed by atoms with van der Waals surface area (Å²) in [6.45, 7) is 4.56. The Bertz CT molecular complexity index is 836. The molecule has 3 aromatic rings. The third kappa shape index (κ3) is 2.52. The van der Waals surface area contributed by atoms with Gasteiger partial charge in [0, 0.05) is 10.9 Å². The molecule has 0 amide bonds. The Morgan fingerprint density at radius 1 is 1.10 bits per heavy atom. The van der Waals surface area contributed by atoms with Gasteiger partial charge in [-0.2, -0.15) is 5.10 Å². The molecular weight excluding hydrogens is 264 g/mol. The molecule has 1 aromatic heterocycles. The molecule has 0 spiro atoms. The molecule has 0 saturated heterocycles. The molecule has 3 rings (SSSR count). The molecule has 0 aliphatic rings. The van der Waals surface area contributed by atoms with Crippen molar-refractivity contribution in [3.05, 3.63) is 58.4 Å². The van der Waals surface area contributed by atoms with Crippen LogP contribution in [0.4, 0.5) is 0 Å². The van der Waals surface area contributed by atoms with E-state index in [1.807, 2.05) is 56.3 Å². The van der Waals surface area contributed by atoms with E-state index in [2.05, 4.69) is 10.2 Å². The maximum atomic E-state index is 11.9. The number of aromatic amines is 1. The molecule has 0 aliphatic carbocycles. The molecule has 106 valence electrons. The SMILES string of the molecule is CCOc1ccc(-c2n[nH]c(=O)c3cc(C)ccc23)cc1. The van der Waals surface area contributed by atoms with Gasteiger partial charge in [0.2, 0.25) is 0 Å². The van der Waals surface area contributed by atoms with Crippen molar-refractivity contribution in [1.82, 2.24) is 10.2 Å². The van der Waals surface area contributed by atoms with E-state index in [4.69, 9.17) is 4.74 Å². The van der Waals surface area contributed by atoms with Gasteiger partial charge in [-0.05, 0) is 44.2 Å². The number of benzene rings is 2. The number of ether oxygens (including phenoxy) is 1. The molecule has 0 unspecified atom stereocenters. The highest BCUT2D eigenvalue weighted by Crippen LogP contribution is 2.26. The van der Waals surface area contributed by atoms with Gasteiger partial charge in [-0.3, -0.25) is 4.79 Å². The smallest absolute Gasteiger partial charge is 0.272 e. The molecule has 0 saturated carbocycles. The van der Waals surface area contributed by atoms with E-state index in [1.165, 1.54) is 0 Å². The lowest BCUT2D eigenvalue weighted by Crippen LogP contribution is -2.09. The predicted molar refractivity (Wildman–Crippen MR) is 83.7 cm³/mol. The molecule has 0 fully saturated rings. The highest BCUT2D eigenvalue weighted by Gasteiger charge is 2.09. The van der Waals surface area contributed by atoms with Crippen molar-refractivity contribution < 1.29 is 4.74 Å². The summed E-state index contributed by atoms with van der Waals surface area (Å²) in [5.41, 5.74) is 2.61. The van der Waals surface area contributed by atoms with Crippen molar-refractivity contribution in [2.45, 2.75) is 13.8 Å². The standard InChI is InChI=1S/C17H16N2O2/c1-3-21-13-7-5-12(6-8-13)16-14-9-4-11(2)10-15(14)17(20)19-18-16/h4-10H,3H2,1-2H3,(H,19,20). The van der Waals surface area contributed by atoms with Crippen LogP contribution in [-0.4, -0.2) is 16.8 Å². The molecular formula is C17H16N2O2. The van der Waals surface area contributed by atoms with Crippen LogP contribution < -0.4 is 10.3 Å². The molecule has 4 heteroatoms. The Kier molecular flexibility index (Phi) is 3.44. The number of aromatic nitrogens is 2. The molecule has 2 aromatic carbocycles. The second-order valence-corrected chi connectivity index (χ2v) is 4.91. The highest BCUT2D eigenvalue weighted by molar-refractivity contribution is 5.94. The van der Waals surface area contributed by atoms with Gasteiger partial charge in [-0.1, -0.05) is 17.7 Å². The van der Waals surface area contributed by atoms with Crippen LogP contribution in [-0.2, 0) is 0 Å². The van der Waals surface area contributed by atoms with Crippen LogP contribution in [0.25, 0.3) is 22.0 Å². The Hall–Kier alpha value is -2.62. The fraction of sp³-hybridized carbons (Fsp3) is 0.176. The monoisotopic (exact) mass is 280 g/mol. The quantitative estimate of drug-likeness (QED) is 0.801. The first-order valence-electron chi connectivity index (χ1n) is 6.91. The van der Waals surface area contributed by atoms with Gasteiger partial charge < -0.3 is 4.74 Å². The number of hydrogen-bond acceptors (Lipinski definition) is 3. The maximum Gasteiger partial charge on any atom is 0.272 e. The first-order valence-corrected chi connectivity index (χ1v) is 6.91. The van der Waals surface area contributed by atoms with E-state index in [9.17, 15) is 4.79 Å². The van der Waals surface area contributed by atoms with E-state index in [0.29, 0.717) is 12.0 Å². The molecule has 4 nitrogen and oxygen atoms in total. The molecule has 0 radical (unpaired) electrons. The van der Waals surface area contributed by atoms with Gasteiger partial charge in [0.25, 0.3) is 5.56 Å². The summed E-state index contributed by atoms with van der Waals surface area (Å²) in [7, 11) is 0. The number of hydrogen-bond donors (Lipinski definition) is 1. The van der Waals surface area contributed by atoms with Crippen LogP contribution in [0.3, 0.4) is 0 Å². The third-order valence-corrected chi connectivity index (χ3v) is 3.38. The number of nitrogens with one attached hydrogen (secondary N) is 1. The zero-order chi connectivity index (χ0) is 14.8. The normalized spacial score (nSPS) is 10.8. The first kappa shape index (κ1) is 13.4. The van der Waals surface area contributed by atoms with Gasteiger partial charge in [0.1, 0.15) is 5.75 Å². The lowest BCUT2D eigenvalue weighted by Gasteiger charge is -2.07. The highest BCUT2D eigenvalue weighted by atomic mass is 16.5. The van der Waals surface area contributed by atoms with Gasteiger partial charge in [-0.15, -0.1) is 0 Å². The van der Waals surface area contributed by atoms with Crippen LogP contribution in [0.5, 0.6) is 5.75 Å². The van der Waals surface area contributed by atoms with Crippen LogP contribution in [0, 0.1) is 6.92 Å². The number of rotatable bonds is 3. The summed E-state index contributed by atoms with van der Waals surface area (Å²) in [5, 5.41) is 8.29. The minimum atomic E-state index is -0.164. The van der Waals surface area contributed by atoms with Crippen molar-refractivity contribution >= 4 is 10.8 Å². The van der Waals surface area contributed by atoms with E-state index in [-0.39, 0.29) is 5.56 Å². The number of H-pyrrole nitrogens is 1. The minimum Gasteiger partial charge on any atom is -0.494 e. The second kappa shape index (κ2) is 5.40. The van der Waals surface area contributed by atoms with Gasteiger partial charge >= 0.3 is 0 Å². The van der Waals surface area contributed by atoms with E-state index >= 15 is 0 Å². The average Bonchev–Trinajstić information content (AvgIpc) is 2.50. The van der Waals surface area contributed by atoms with E-state index in [1.54, 1.807) is 0 Å². The summed E-state index contributed by atoms with van der Waals surface area (Å²) in [6.07, 6.45) is 0. The lowest BCUT2D eigenvalue weighted by molar-refractivity contribution is 0.340. The number of fused-ring (bicyclic) bond motifs is 1. The summed E-state index contributed by atoms with van der Waals surface area (Å²) in [5.74, 6) is 0.825. The van der Waals surface area contributed by atoms with Crippen LogP contribution in [0.15, 0.2) is 47.3 Å².